The molecular weight excluding hydrogens is 243 g/mol. The molecule has 90 valence electrons. The molecule has 0 bridgehead atoms. The van der Waals surface area contributed by atoms with E-state index in [1.165, 1.54) is 0 Å². The molecule has 1 atom stereocenters. The first-order valence-electron chi connectivity index (χ1n) is 5.43. The highest BCUT2D eigenvalue weighted by Gasteiger charge is 2.05. The molecule has 3 N–H and O–H groups in total. The zero-order valence-corrected chi connectivity index (χ0v) is 11.1. The highest BCUT2D eigenvalue weighted by molar-refractivity contribution is 6.42. The lowest BCUT2D eigenvalue weighted by Gasteiger charge is -2.15. The van der Waals surface area contributed by atoms with Crippen LogP contribution in [0.1, 0.15) is 20.3 Å². The number of hydrogen-bond donors (Lipinski definition) is 2. The van der Waals surface area contributed by atoms with Crippen LogP contribution in [0.5, 0.6) is 0 Å². The molecule has 0 aliphatic rings. The molecule has 1 aromatic rings. The Morgan fingerprint density at radius 1 is 1.25 bits per heavy atom. The van der Waals surface area contributed by atoms with Gasteiger partial charge in [-0.15, -0.1) is 0 Å². The number of halogens is 2. The molecule has 1 aromatic carbocycles. The molecular formula is C12H18Cl2N2. The van der Waals surface area contributed by atoms with E-state index in [0.29, 0.717) is 16.0 Å². The Hall–Kier alpha value is -0.440. The van der Waals surface area contributed by atoms with Gasteiger partial charge in [0.1, 0.15) is 0 Å². The van der Waals surface area contributed by atoms with Crippen LogP contribution in [0, 0.1) is 5.92 Å². The Balaban J connectivity index is 2.45. The zero-order chi connectivity index (χ0) is 12.1. The van der Waals surface area contributed by atoms with Gasteiger partial charge in [-0.2, -0.15) is 0 Å². The van der Waals surface area contributed by atoms with Gasteiger partial charge in [0.15, 0.2) is 0 Å². The summed E-state index contributed by atoms with van der Waals surface area (Å²) in [6.07, 6.45) is 1.01. The summed E-state index contributed by atoms with van der Waals surface area (Å²) in [6.45, 7) is 5.08. The van der Waals surface area contributed by atoms with Gasteiger partial charge >= 0.3 is 0 Å². The molecule has 0 aromatic heterocycles. The first-order valence-corrected chi connectivity index (χ1v) is 6.19. The fraction of sp³-hybridized carbons (Fsp3) is 0.500. The molecule has 0 fully saturated rings. The lowest BCUT2D eigenvalue weighted by molar-refractivity contribution is 0.508. The van der Waals surface area contributed by atoms with Gasteiger partial charge in [-0.1, -0.05) is 37.0 Å². The highest BCUT2D eigenvalue weighted by atomic mass is 35.5. The summed E-state index contributed by atoms with van der Waals surface area (Å²) in [4.78, 5) is 0. The van der Waals surface area contributed by atoms with Crippen LogP contribution in [0.3, 0.4) is 0 Å². The Kier molecular flexibility index (Phi) is 5.39. The van der Waals surface area contributed by atoms with E-state index in [1.807, 2.05) is 12.1 Å². The zero-order valence-electron chi connectivity index (χ0n) is 9.63. The summed E-state index contributed by atoms with van der Waals surface area (Å²) in [5.74, 6) is 0.616. The largest absolute Gasteiger partial charge is 0.383 e. The van der Waals surface area contributed by atoms with Gasteiger partial charge in [0.2, 0.25) is 0 Å². The third-order valence-corrected chi connectivity index (χ3v) is 3.00. The standard InChI is InChI=1S/C12H18Cl2N2/c1-8(2)5-9(15)7-16-10-3-4-11(13)12(14)6-10/h3-4,6,8-9,16H,5,7,15H2,1-2H3. The van der Waals surface area contributed by atoms with Gasteiger partial charge in [0, 0.05) is 18.3 Å². The second-order valence-corrected chi connectivity index (χ2v) is 5.21. The van der Waals surface area contributed by atoms with Crippen LogP contribution < -0.4 is 11.1 Å². The topological polar surface area (TPSA) is 38.0 Å². The molecule has 0 aliphatic heterocycles. The number of rotatable bonds is 5. The van der Waals surface area contributed by atoms with Crippen molar-refractivity contribution in [3.8, 4) is 0 Å². The molecule has 0 amide bonds. The predicted octanol–water partition coefficient (Wildman–Crippen LogP) is 3.78. The van der Waals surface area contributed by atoms with Crippen molar-refractivity contribution in [3.63, 3.8) is 0 Å². The molecule has 0 spiro atoms. The first kappa shape index (κ1) is 13.6. The van der Waals surface area contributed by atoms with E-state index in [2.05, 4.69) is 19.2 Å². The van der Waals surface area contributed by atoms with Crippen molar-refractivity contribution in [2.45, 2.75) is 26.3 Å². The van der Waals surface area contributed by atoms with Crippen molar-refractivity contribution in [3.05, 3.63) is 28.2 Å². The SMILES string of the molecule is CC(C)CC(N)CNc1ccc(Cl)c(Cl)c1. The molecule has 0 radical (unpaired) electrons. The minimum Gasteiger partial charge on any atom is -0.383 e. The Bertz CT molecular complexity index is 340. The minimum absolute atomic E-state index is 0.162. The number of hydrogen-bond acceptors (Lipinski definition) is 2. The summed E-state index contributed by atoms with van der Waals surface area (Å²) in [5, 5.41) is 4.38. The average Bonchev–Trinajstić information content (AvgIpc) is 2.19. The van der Waals surface area contributed by atoms with Crippen LogP contribution in [0.4, 0.5) is 5.69 Å². The smallest absolute Gasteiger partial charge is 0.0612 e. The van der Waals surface area contributed by atoms with Crippen LogP contribution in [-0.4, -0.2) is 12.6 Å². The van der Waals surface area contributed by atoms with Gasteiger partial charge in [-0.3, -0.25) is 0 Å². The normalized spacial score (nSPS) is 12.9. The van der Waals surface area contributed by atoms with E-state index in [4.69, 9.17) is 28.9 Å². The van der Waals surface area contributed by atoms with Crippen molar-refractivity contribution in [2.75, 3.05) is 11.9 Å². The molecule has 0 aliphatic carbocycles. The average molecular weight is 261 g/mol. The van der Waals surface area contributed by atoms with Crippen molar-refractivity contribution in [2.24, 2.45) is 11.7 Å². The first-order chi connectivity index (χ1) is 7.49. The Morgan fingerprint density at radius 3 is 2.50 bits per heavy atom. The van der Waals surface area contributed by atoms with E-state index in [-0.39, 0.29) is 6.04 Å². The van der Waals surface area contributed by atoms with Gasteiger partial charge in [0.05, 0.1) is 10.0 Å². The molecule has 4 heteroatoms. The summed E-state index contributed by atoms with van der Waals surface area (Å²) in [5.41, 5.74) is 6.92. The van der Waals surface area contributed by atoms with E-state index >= 15 is 0 Å². The number of nitrogens with two attached hydrogens (primary N) is 1. The van der Waals surface area contributed by atoms with E-state index in [9.17, 15) is 0 Å². The lowest BCUT2D eigenvalue weighted by Crippen LogP contribution is -2.30. The number of nitrogens with one attached hydrogen (secondary N) is 1. The van der Waals surface area contributed by atoms with Crippen molar-refractivity contribution in [1.29, 1.82) is 0 Å². The number of benzene rings is 1. The Morgan fingerprint density at radius 2 is 1.94 bits per heavy atom. The summed E-state index contributed by atoms with van der Waals surface area (Å²) in [6, 6.07) is 5.65. The van der Waals surface area contributed by atoms with Crippen LogP contribution >= 0.6 is 23.2 Å². The van der Waals surface area contributed by atoms with Crippen molar-refractivity contribution >= 4 is 28.9 Å². The second-order valence-electron chi connectivity index (χ2n) is 4.40. The lowest BCUT2D eigenvalue weighted by atomic mass is 10.0. The maximum absolute atomic E-state index is 5.97. The number of anilines is 1. The van der Waals surface area contributed by atoms with Gasteiger partial charge in [-0.05, 0) is 30.5 Å². The van der Waals surface area contributed by atoms with E-state index in [0.717, 1.165) is 18.7 Å². The monoisotopic (exact) mass is 260 g/mol. The molecule has 2 nitrogen and oxygen atoms in total. The quantitative estimate of drug-likeness (QED) is 0.846. The van der Waals surface area contributed by atoms with E-state index < -0.39 is 0 Å². The maximum atomic E-state index is 5.97. The highest BCUT2D eigenvalue weighted by Crippen LogP contribution is 2.24. The van der Waals surface area contributed by atoms with Crippen LogP contribution in [0.25, 0.3) is 0 Å². The third kappa shape index (κ3) is 4.60. The van der Waals surface area contributed by atoms with Crippen LogP contribution in [0.2, 0.25) is 10.0 Å². The maximum Gasteiger partial charge on any atom is 0.0612 e. The van der Waals surface area contributed by atoms with E-state index in [1.54, 1.807) is 6.07 Å². The molecule has 0 heterocycles. The second kappa shape index (κ2) is 6.33. The molecule has 1 unspecified atom stereocenters. The predicted molar refractivity (Wildman–Crippen MR) is 72.4 cm³/mol. The minimum atomic E-state index is 0.162. The van der Waals surface area contributed by atoms with Gasteiger partial charge in [0.25, 0.3) is 0 Å². The van der Waals surface area contributed by atoms with Crippen molar-refractivity contribution in [1.82, 2.24) is 0 Å². The van der Waals surface area contributed by atoms with Crippen molar-refractivity contribution < 1.29 is 0 Å². The third-order valence-electron chi connectivity index (χ3n) is 2.26. The summed E-state index contributed by atoms with van der Waals surface area (Å²) >= 11 is 11.7. The van der Waals surface area contributed by atoms with Crippen LogP contribution in [-0.2, 0) is 0 Å². The molecule has 1 rings (SSSR count). The molecule has 0 saturated heterocycles. The van der Waals surface area contributed by atoms with Crippen LogP contribution in [0.15, 0.2) is 18.2 Å². The summed E-state index contributed by atoms with van der Waals surface area (Å²) < 4.78 is 0. The Labute approximate surface area is 107 Å². The summed E-state index contributed by atoms with van der Waals surface area (Å²) in [7, 11) is 0. The molecule has 0 saturated carbocycles. The fourth-order valence-electron chi connectivity index (χ4n) is 1.54. The van der Waals surface area contributed by atoms with Gasteiger partial charge < -0.3 is 11.1 Å². The fourth-order valence-corrected chi connectivity index (χ4v) is 1.84. The van der Waals surface area contributed by atoms with Gasteiger partial charge in [-0.25, -0.2) is 0 Å². The molecule has 16 heavy (non-hydrogen) atoms.